The Balaban J connectivity index is 1.34. The Labute approximate surface area is 180 Å². The molecule has 1 aliphatic carbocycles. The maximum atomic E-state index is 13.3. The summed E-state index contributed by atoms with van der Waals surface area (Å²) in [5.41, 5.74) is 3.52. The van der Waals surface area contributed by atoms with Crippen LogP contribution < -0.4 is 4.90 Å². The summed E-state index contributed by atoms with van der Waals surface area (Å²) in [5, 5.41) is 12.7. The number of non-ortho nitro benzene ring substituents is 1. The molecule has 0 saturated carbocycles. The van der Waals surface area contributed by atoms with Crippen molar-refractivity contribution in [3.05, 3.63) is 76.1 Å². The van der Waals surface area contributed by atoms with E-state index in [4.69, 9.17) is 0 Å². The van der Waals surface area contributed by atoms with Crippen LogP contribution in [0.4, 0.5) is 11.4 Å². The number of benzene rings is 2. The second-order valence-electron chi connectivity index (χ2n) is 8.24. The molecule has 1 aliphatic heterocycles. The highest BCUT2D eigenvalue weighted by atomic mass is 16.6. The predicted octanol–water partition coefficient (Wildman–Crippen LogP) is 3.91. The van der Waals surface area contributed by atoms with Crippen LogP contribution in [0.5, 0.6) is 0 Å². The first-order valence-electron chi connectivity index (χ1n) is 10.8. The first-order valence-corrected chi connectivity index (χ1v) is 10.8. The number of carbonyl (C=O) groups is 1. The smallest absolute Gasteiger partial charge is 0.278 e. The third kappa shape index (κ3) is 3.50. The van der Waals surface area contributed by atoms with E-state index in [0.717, 1.165) is 30.3 Å². The van der Waals surface area contributed by atoms with Gasteiger partial charge >= 0.3 is 0 Å². The number of nitrogens with zero attached hydrogens (tertiary/aromatic N) is 4. The van der Waals surface area contributed by atoms with Crippen molar-refractivity contribution in [2.24, 2.45) is 0 Å². The summed E-state index contributed by atoms with van der Waals surface area (Å²) in [5.74, 6) is 0.187. The maximum absolute atomic E-state index is 13.3. The van der Waals surface area contributed by atoms with Gasteiger partial charge in [-0.25, -0.2) is 0 Å². The lowest BCUT2D eigenvalue weighted by Gasteiger charge is -2.39. The van der Waals surface area contributed by atoms with Crippen LogP contribution in [-0.4, -0.2) is 46.9 Å². The van der Waals surface area contributed by atoms with Gasteiger partial charge in [0.25, 0.3) is 5.69 Å². The molecule has 158 valence electrons. The summed E-state index contributed by atoms with van der Waals surface area (Å²) in [6.07, 6.45) is 6.23. The SMILES string of the molecule is O=C([C@H]1CCCc2ccccc21)N1CCN(c2ccc([N+](=O)[O-])c3cnccc23)CC1. The molecule has 5 rings (SSSR count). The zero-order valence-electron chi connectivity index (χ0n) is 17.2. The molecule has 0 N–H and O–H groups in total. The van der Waals surface area contributed by atoms with Gasteiger partial charge in [0.2, 0.25) is 5.91 Å². The molecule has 2 aliphatic rings. The zero-order chi connectivity index (χ0) is 21.4. The van der Waals surface area contributed by atoms with Gasteiger partial charge in [0.1, 0.15) is 0 Å². The summed E-state index contributed by atoms with van der Waals surface area (Å²) in [4.78, 5) is 32.6. The molecule has 2 aromatic carbocycles. The maximum Gasteiger partial charge on any atom is 0.278 e. The molecule has 0 radical (unpaired) electrons. The number of nitro groups is 1. The summed E-state index contributed by atoms with van der Waals surface area (Å²) in [6.45, 7) is 2.72. The fourth-order valence-corrected chi connectivity index (χ4v) is 4.99. The van der Waals surface area contributed by atoms with E-state index in [9.17, 15) is 14.9 Å². The van der Waals surface area contributed by atoms with Gasteiger partial charge in [-0.3, -0.25) is 19.9 Å². The van der Waals surface area contributed by atoms with Crippen molar-refractivity contribution in [1.82, 2.24) is 9.88 Å². The van der Waals surface area contributed by atoms with E-state index in [1.54, 1.807) is 18.5 Å². The third-order valence-corrected chi connectivity index (χ3v) is 6.57. The molecule has 7 heteroatoms. The van der Waals surface area contributed by atoms with Crippen LogP contribution in [0.1, 0.15) is 29.9 Å². The Bertz CT molecular complexity index is 1150. The molecule has 1 fully saturated rings. The van der Waals surface area contributed by atoms with Gasteiger partial charge in [-0.05, 0) is 42.5 Å². The molecule has 31 heavy (non-hydrogen) atoms. The summed E-state index contributed by atoms with van der Waals surface area (Å²) >= 11 is 0. The Morgan fingerprint density at radius 3 is 2.65 bits per heavy atom. The van der Waals surface area contributed by atoms with E-state index >= 15 is 0 Å². The molecule has 1 atom stereocenters. The van der Waals surface area contributed by atoms with Crippen molar-refractivity contribution < 1.29 is 9.72 Å². The Hall–Kier alpha value is -3.48. The highest BCUT2D eigenvalue weighted by molar-refractivity contribution is 5.99. The van der Waals surface area contributed by atoms with Crippen LogP contribution in [0.15, 0.2) is 54.9 Å². The lowest BCUT2D eigenvalue weighted by atomic mass is 9.82. The van der Waals surface area contributed by atoms with Crippen LogP contribution in [0, 0.1) is 10.1 Å². The van der Waals surface area contributed by atoms with Crippen LogP contribution >= 0.6 is 0 Å². The molecule has 1 saturated heterocycles. The lowest BCUT2D eigenvalue weighted by molar-refractivity contribution is -0.383. The van der Waals surface area contributed by atoms with Crippen LogP contribution in [0.2, 0.25) is 0 Å². The van der Waals surface area contributed by atoms with E-state index in [-0.39, 0.29) is 22.4 Å². The van der Waals surface area contributed by atoms with E-state index in [2.05, 4.69) is 28.1 Å². The monoisotopic (exact) mass is 416 g/mol. The fraction of sp³-hybridized carbons (Fsp3) is 0.333. The van der Waals surface area contributed by atoms with Crippen molar-refractivity contribution in [3.63, 3.8) is 0 Å². The summed E-state index contributed by atoms with van der Waals surface area (Å²) in [6, 6.07) is 13.5. The van der Waals surface area contributed by atoms with Crippen LogP contribution in [0.3, 0.4) is 0 Å². The number of anilines is 1. The molecule has 2 heterocycles. The van der Waals surface area contributed by atoms with Crippen molar-refractivity contribution in [3.8, 4) is 0 Å². The molecule has 0 spiro atoms. The lowest BCUT2D eigenvalue weighted by Crippen LogP contribution is -2.50. The largest absolute Gasteiger partial charge is 0.367 e. The number of aromatic nitrogens is 1. The average Bonchev–Trinajstić information content (AvgIpc) is 2.82. The molecule has 1 aromatic heterocycles. The number of hydrogen-bond donors (Lipinski definition) is 0. The molecule has 3 aromatic rings. The van der Waals surface area contributed by atoms with Crippen LogP contribution in [-0.2, 0) is 11.2 Å². The van der Waals surface area contributed by atoms with Crippen LogP contribution in [0.25, 0.3) is 10.8 Å². The topological polar surface area (TPSA) is 79.6 Å². The molecular formula is C24H24N4O3. The quantitative estimate of drug-likeness (QED) is 0.478. The molecule has 7 nitrogen and oxygen atoms in total. The molecule has 0 bridgehead atoms. The minimum Gasteiger partial charge on any atom is -0.367 e. The number of hydrogen-bond acceptors (Lipinski definition) is 5. The minimum absolute atomic E-state index is 0.0391. The number of nitro benzene ring substituents is 1. The molecular weight excluding hydrogens is 392 g/mol. The number of rotatable bonds is 3. The second-order valence-corrected chi connectivity index (χ2v) is 8.24. The fourth-order valence-electron chi connectivity index (χ4n) is 4.99. The third-order valence-electron chi connectivity index (χ3n) is 6.57. The molecule has 1 amide bonds. The minimum atomic E-state index is -0.369. The molecule has 0 unspecified atom stereocenters. The first-order chi connectivity index (χ1) is 15.1. The summed E-state index contributed by atoms with van der Waals surface area (Å²) in [7, 11) is 0. The van der Waals surface area contributed by atoms with Gasteiger partial charge < -0.3 is 9.80 Å². The second kappa shape index (κ2) is 7.98. The number of amides is 1. The highest BCUT2D eigenvalue weighted by Gasteiger charge is 2.32. The Morgan fingerprint density at radius 1 is 1.03 bits per heavy atom. The summed E-state index contributed by atoms with van der Waals surface area (Å²) < 4.78 is 0. The average molecular weight is 416 g/mol. The zero-order valence-corrected chi connectivity index (χ0v) is 17.2. The number of fused-ring (bicyclic) bond motifs is 2. The van der Waals surface area contributed by atoms with Crippen molar-refractivity contribution >= 4 is 28.1 Å². The van der Waals surface area contributed by atoms with Gasteiger partial charge in [-0.1, -0.05) is 24.3 Å². The van der Waals surface area contributed by atoms with Crippen molar-refractivity contribution in [1.29, 1.82) is 0 Å². The Kier molecular flexibility index (Phi) is 5.02. The number of carbonyl (C=O) groups excluding carboxylic acids is 1. The van der Waals surface area contributed by atoms with Gasteiger partial charge in [0.05, 0.1) is 16.2 Å². The van der Waals surface area contributed by atoms with Gasteiger partial charge in [-0.2, -0.15) is 0 Å². The van der Waals surface area contributed by atoms with Gasteiger partial charge in [-0.15, -0.1) is 0 Å². The first kappa shape index (κ1) is 19.5. The normalized spacial score (nSPS) is 18.6. The van der Waals surface area contributed by atoms with E-state index < -0.39 is 0 Å². The highest BCUT2D eigenvalue weighted by Crippen LogP contribution is 2.35. The van der Waals surface area contributed by atoms with Crippen molar-refractivity contribution in [2.45, 2.75) is 25.2 Å². The van der Waals surface area contributed by atoms with E-state index in [0.29, 0.717) is 31.6 Å². The van der Waals surface area contributed by atoms with E-state index in [1.165, 1.54) is 11.1 Å². The van der Waals surface area contributed by atoms with E-state index in [1.807, 2.05) is 23.1 Å². The van der Waals surface area contributed by atoms with Gasteiger partial charge in [0.15, 0.2) is 0 Å². The standard InChI is InChI=1S/C24H24N4O3/c29-24(20-7-3-5-17-4-1-2-6-18(17)20)27-14-12-26(13-15-27)22-8-9-23(28(30)31)21-16-25-11-10-19(21)22/h1-2,4,6,8-11,16,20H,3,5,7,12-15H2/t20-/m0/s1. The van der Waals surface area contributed by atoms with Gasteiger partial charge in [0, 0.05) is 55.7 Å². The van der Waals surface area contributed by atoms with Crippen molar-refractivity contribution in [2.75, 3.05) is 31.1 Å². The number of pyridine rings is 1. The number of aryl methyl sites for hydroxylation is 1. The predicted molar refractivity (Wildman–Crippen MR) is 119 cm³/mol. The Morgan fingerprint density at radius 2 is 1.84 bits per heavy atom. The number of piperazine rings is 1.